The van der Waals surface area contributed by atoms with Crippen molar-refractivity contribution in [1.29, 1.82) is 0 Å². The molecule has 1 rings (SSSR count). The quantitative estimate of drug-likeness (QED) is 0.472. The van der Waals surface area contributed by atoms with Gasteiger partial charge in [0.25, 0.3) is 0 Å². The molecule has 1 aliphatic rings. The summed E-state index contributed by atoms with van der Waals surface area (Å²) in [6.07, 6.45) is 0.0151. The van der Waals surface area contributed by atoms with Crippen LogP contribution in [-0.2, 0) is 18.6 Å². The summed E-state index contributed by atoms with van der Waals surface area (Å²) in [7, 11) is -0.848. The van der Waals surface area contributed by atoms with Gasteiger partial charge in [-0.3, -0.25) is 0 Å². The van der Waals surface area contributed by atoms with Crippen molar-refractivity contribution in [1.82, 2.24) is 0 Å². The van der Waals surface area contributed by atoms with Gasteiger partial charge in [-0.2, -0.15) is 0 Å². The molecule has 3 atom stereocenters. The predicted molar refractivity (Wildman–Crippen MR) is 40.7 cm³/mol. The van der Waals surface area contributed by atoms with Crippen LogP contribution in [0, 0.1) is 0 Å². The first-order chi connectivity index (χ1) is 4.66. The van der Waals surface area contributed by atoms with Crippen molar-refractivity contribution in [3.63, 3.8) is 0 Å². The molecule has 0 aromatic carbocycles. The predicted octanol–water partition coefficient (Wildman–Crippen LogP) is 0.670. The Bertz CT molecular complexity index is 144. The third-order valence-corrected chi connectivity index (χ3v) is 1.68. The molecule has 6 heteroatoms. The third kappa shape index (κ3) is 3.47. The van der Waals surface area contributed by atoms with E-state index in [1.807, 2.05) is 6.92 Å². The van der Waals surface area contributed by atoms with Gasteiger partial charge in [0, 0.05) is 36.5 Å². The van der Waals surface area contributed by atoms with Crippen molar-refractivity contribution >= 4 is 38.2 Å². The van der Waals surface area contributed by atoms with Crippen molar-refractivity contribution in [2.75, 3.05) is 6.61 Å². The van der Waals surface area contributed by atoms with Crippen molar-refractivity contribution < 1.29 is 18.6 Å². The second-order valence-electron chi connectivity index (χ2n) is 2.29. The summed E-state index contributed by atoms with van der Waals surface area (Å²) in [5.41, 5.74) is 0. The van der Waals surface area contributed by atoms with Crippen LogP contribution in [0.3, 0.4) is 0 Å². The molecule has 0 aromatic heterocycles. The van der Waals surface area contributed by atoms with Gasteiger partial charge in [-0.15, -0.1) is 0 Å². The van der Waals surface area contributed by atoms with Gasteiger partial charge in [-0.05, 0) is 11.5 Å². The van der Waals surface area contributed by atoms with E-state index in [-0.39, 0.29) is 35.7 Å². The van der Waals surface area contributed by atoms with Gasteiger partial charge in [0.15, 0.2) is 0 Å². The molecule has 1 radical (unpaired) electrons. The molecule has 1 fully saturated rings. The van der Waals surface area contributed by atoms with Gasteiger partial charge in [-0.1, -0.05) is 4.52 Å². The van der Waals surface area contributed by atoms with Crippen LogP contribution in [0.15, 0.2) is 0 Å². The molecule has 0 aliphatic carbocycles. The molecule has 0 N–H and O–H groups in total. The van der Waals surface area contributed by atoms with Crippen LogP contribution >= 0.6 is 8.69 Å². The number of hydrogen-bond donors (Lipinski definition) is 0. The molecule has 4 nitrogen and oxygen atoms in total. The van der Waals surface area contributed by atoms with E-state index in [9.17, 15) is 4.57 Å². The van der Waals surface area contributed by atoms with Crippen LogP contribution in [0.25, 0.3) is 0 Å². The second kappa shape index (κ2) is 4.87. The molecule has 3 unspecified atom stereocenters. The second-order valence-corrected chi connectivity index (χ2v) is 2.66. The fraction of sp³-hybridized carbons (Fsp3) is 1.00. The summed E-state index contributed by atoms with van der Waals surface area (Å²) in [6, 6.07) is 0. The molecule has 0 spiro atoms. The Hall–Kier alpha value is 0.980. The van der Waals surface area contributed by atoms with Gasteiger partial charge in [0.2, 0.25) is 0 Å². The summed E-state index contributed by atoms with van der Waals surface area (Å²) < 4.78 is 24.9. The number of hydrogen-bond acceptors (Lipinski definition) is 4. The normalized spacial score (nSPS) is 37.1. The minimum absolute atomic E-state index is 0. The maximum Gasteiger partial charge on any atom is 0.499 e. The van der Waals surface area contributed by atoms with E-state index in [4.69, 9.17) is 9.47 Å². The first-order valence-electron chi connectivity index (χ1n) is 3.03. The van der Waals surface area contributed by atoms with E-state index >= 15 is 0 Å². The summed E-state index contributed by atoms with van der Waals surface area (Å²) in [4.78, 5) is 0. The Morgan fingerprint density at radius 2 is 2.36 bits per heavy atom. The standard InChI is InChI=1S/C5H10O4P.Na/c1-4-3-7-5(2,8-4)9-10-6;/h4,10H,3H2,1-2H3;/q+1;. The number of ether oxygens (including phenoxy) is 2. The Morgan fingerprint density at radius 1 is 1.73 bits per heavy atom. The average Bonchev–Trinajstić information content (AvgIpc) is 2.12. The Balaban J connectivity index is 0.000001000. The van der Waals surface area contributed by atoms with E-state index in [2.05, 4.69) is 4.52 Å². The minimum atomic E-state index is -1.08. The first kappa shape index (κ1) is 12.0. The van der Waals surface area contributed by atoms with Gasteiger partial charge < -0.3 is 9.47 Å². The maximum absolute atomic E-state index is 10.0. The third-order valence-electron chi connectivity index (χ3n) is 1.22. The summed E-state index contributed by atoms with van der Waals surface area (Å²) in [6.45, 7) is 3.95. The zero-order valence-electron chi connectivity index (χ0n) is 6.92. The zero-order chi connectivity index (χ0) is 7.61. The topological polar surface area (TPSA) is 44.8 Å². The van der Waals surface area contributed by atoms with Crippen molar-refractivity contribution in [2.24, 2.45) is 0 Å². The summed E-state index contributed by atoms with van der Waals surface area (Å²) in [5, 5.41) is 0. The molecule has 0 bridgehead atoms. The molecule has 0 aromatic rings. The van der Waals surface area contributed by atoms with Crippen molar-refractivity contribution in [2.45, 2.75) is 25.9 Å². The molecular formula is C5H10NaO4P+. The molecule has 11 heavy (non-hydrogen) atoms. The molecule has 1 saturated heterocycles. The Kier molecular flexibility index (Phi) is 5.31. The smallest absolute Gasteiger partial charge is 0.322 e. The first-order valence-corrected chi connectivity index (χ1v) is 3.85. The largest absolute Gasteiger partial charge is 0.499 e. The van der Waals surface area contributed by atoms with Crippen LogP contribution in [0.1, 0.15) is 13.8 Å². The van der Waals surface area contributed by atoms with Crippen LogP contribution < -0.4 is 0 Å². The van der Waals surface area contributed by atoms with Crippen LogP contribution in [0.5, 0.6) is 0 Å². The molecule has 0 saturated carbocycles. The molecule has 1 heterocycles. The average molecular weight is 188 g/mol. The van der Waals surface area contributed by atoms with Crippen LogP contribution in [0.4, 0.5) is 0 Å². The van der Waals surface area contributed by atoms with E-state index in [1.54, 1.807) is 6.92 Å². The summed E-state index contributed by atoms with van der Waals surface area (Å²) >= 11 is 0. The van der Waals surface area contributed by atoms with Crippen LogP contribution in [0.2, 0.25) is 0 Å². The molecule has 1 aliphatic heterocycles. The molecular weight excluding hydrogens is 178 g/mol. The fourth-order valence-corrected chi connectivity index (χ4v) is 1.09. The van der Waals surface area contributed by atoms with Gasteiger partial charge in [0.05, 0.1) is 12.7 Å². The van der Waals surface area contributed by atoms with Gasteiger partial charge >= 0.3 is 14.7 Å². The van der Waals surface area contributed by atoms with Gasteiger partial charge in [0.1, 0.15) is 0 Å². The fourth-order valence-electron chi connectivity index (χ4n) is 0.831. The van der Waals surface area contributed by atoms with Gasteiger partial charge in [-0.25, -0.2) is 0 Å². The number of rotatable bonds is 2. The summed E-state index contributed by atoms with van der Waals surface area (Å²) in [5.74, 6) is -1.08. The van der Waals surface area contributed by atoms with E-state index in [0.717, 1.165) is 0 Å². The van der Waals surface area contributed by atoms with E-state index in [0.29, 0.717) is 6.61 Å². The maximum atomic E-state index is 10.0. The zero-order valence-corrected chi connectivity index (χ0v) is 9.92. The van der Waals surface area contributed by atoms with Crippen LogP contribution in [-0.4, -0.2) is 48.2 Å². The van der Waals surface area contributed by atoms with E-state index in [1.165, 1.54) is 0 Å². The SMILES string of the molecule is CC1COC(C)(O[PH+]=O)O1.[Na]. The van der Waals surface area contributed by atoms with Crippen molar-refractivity contribution in [3.05, 3.63) is 0 Å². The minimum Gasteiger partial charge on any atom is -0.322 e. The molecule has 0 amide bonds. The van der Waals surface area contributed by atoms with E-state index < -0.39 is 14.7 Å². The molecule has 59 valence electrons. The monoisotopic (exact) mass is 188 g/mol. The Labute approximate surface area is 89.2 Å². The van der Waals surface area contributed by atoms with Crippen molar-refractivity contribution in [3.8, 4) is 0 Å². The Morgan fingerprint density at radius 3 is 2.73 bits per heavy atom.